The number of hydrogen-bond donors (Lipinski definition) is 1. The topological polar surface area (TPSA) is 69.0 Å². The Labute approximate surface area is 198 Å². The molecule has 32 heavy (non-hydrogen) atoms. The number of ether oxygens (including phenoxy) is 1. The first-order valence-electron chi connectivity index (χ1n) is 10.7. The zero-order valence-corrected chi connectivity index (χ0v) is 20.5. The Bertz CT molecular complexity index is 1050. The van der Waals surface area contributed by atoms with E-state index in [0.717, 1.165) is 30.1 Å². The van der Waals surface area contributed by atoms with Gasteiger partial charge in [0.25, 0.3) is 0 Å². The number of amides is 1. The summed E-state index contributed by atoms with van der Waals surface area (Å²) in [6.45, 7) is 9.41. The number of aromatic nitrogens is 3. The molecule has 170 valence electrons. The van der Waals surface area contributed by atoms with E-state index in [0.29, 0.717) is 28.4 Å². The molecular weight excluding hydrogens is 444 g/mol. The Morgan fingerprint density at radius 2 is 1.94 bits per heavy atom. The highest BCUT2D eigenvalue weighted by molar-refractivity contribution is 7.99. The monoisotopic (exact) mass is 472 g/mol. The second-order valence-electron chi connectivity index (χ2n) is 8.01. The van der Waals surface area contributed by atoms with Gasteiger partial charge in [0.15, 0.2) is 11.0 Å². The van der Waals surface area contributed by atoms with Gasteiger partial charge in [0.2, 0.25) is 5.91 Å². The lowest BCUT2D eigenvalue weighted by Gasteiger charge is -2.13. The van der Waals surface area contributed by atoms with Crippen molar-refractivity contribution >= 4 is 35.0 Å². The minimum atomic E-state index is -0.145. The molecule has 3 rings (SSSR count). The summed E-state index contributed by atoms with van der Waals surface area (Å²) in [7, 11) is 0. The van der Waals surface area contributed by atoms with E-state index in [9.17, 15) is 4.79 Å². The van der Waals surface area contributed by atoms with Crippen LogP contribution in [0.3, 0.4) is 0 Å². The summed E-state index contributed by atoms with van der Waals surface area (Å²) in [5.74, 6) is 1.99. The van der Waals surface area contributed by atoms with Gasteiger partial charge in [0.05, 0.1) is 16.5 Å². The zero-order valence-electron chi connectivity index (χ0n) is 18.9. The lowest BCUT2D eigenvalue weighted by atomic mass is 10.2. The van der Waals surface area contributed by atoms with Crippen LogP contribution in [-0.2, 0) is 24.4 Å². The van der Waals surface area contributed by atoms with Crippen molar-refractivity contribution in [2.45, 2.75) is 52.4 Å². The third-order valence-corrected chi connectivity index (χ3v) is 6.05. The van der Waals surface area contributed by atoms with Crippen LogP contribution < -0.4 is 10.1 Å². The quantitative estimate of drug-likeness (QED) is 0.379. The van der Waals surface area contributed by atoms with Crippen molar-refractivity contribution in [3.63, 3.8) is 0 Å². The van der Waals surface area contributed by atoms with Crippen molar-refractivity contribution in [1.29, 1.82) is 0 Å². The summed E-state index contributed by atoms with van der Waals surface area (Å²) in [5.41, 5.74) is 2.92. The molecule has 2 aromatic carbocycles. The fourth-order valence-electron chi connectivity index (χ4n) is 3.09. The summed E-state index contributed by atoms with van der Waals surface area (Å²) >= 11 is 7.57. The molecule has 0 saturated heterocycles. The van der Waals surface area contributed by atoms with Crippen LogP contribution >= 0.6 is 23.4 Å². The van der Waals surface area contributed by atoms with Gasteiger partial charge in [-0.3, -0.25) is 4.79 Å². The number of nitrogens with zero attached hydrogens (tertiary/aromatic N) is 3. The number of anilines is 1. The predicted octanol–water partition coefficient (Wildman–Crippen LogP) is 5.77. The summed E-state index contributed by atoms with van der Waals surface area (Å²) in [6, 6.07) is 13.6. The standard InChI is InChI=1S/C24H29ClN4O2S/c1-5-18-7-9-19(10-8-18)31-14-22-27-28-24(29(22)13-16(2)3)32-15-23(30)26-21-11-6-17(4)12-20(21)25/h6-12,16H,5,13-15H2,1-4H3,(H,26,30). The second-order valence-corrected chi connectivity index (χ2v) is 9.36. The number of rotatable bonds is 10. The highest BCUT2D eigenvalue weighted by atomic mass is 35.5. The highest BCUT2D eigenvalue weighted by Crippen LogP contribution is 2.24. The van der Waals surface area contributed by atoms with E-state index in [1.165, 1.54) is 17.3 Å². The molecule has 0 saturated carbocycles. The lowest BCUT2D eigenvalue weighted by Crippen LogP contribution is -2.16. The van der Waals surface area contributed by atoms with Gasteiger partial charge in [-0.2, -0.15) is 0 Å². The molecule has 6 nitrogen and oxygen atoms in total. The molecule has 3 aromatic rings. The Morgan fingerprint density at radius 1 is 1.19 bits per heavy atom. The molecule has 1 N–H and O–H groups in total. The molecule has 0 bridgehead atoms. The first kappa shape index (κ1) is 24.1. The summed E-state index contributed by atoms with van der Waals surface area (Å²) in [5, 5.41) is 12.7. The first-order valence-corrected chi connectivity index (χ1v) is 12.0. The average Bonchev–Trinajstić information content (AvgIpc) is 3.14. The van der Waals surface area contributed by atoms with Crippen molar-refractivity contribution in [1.82, 2.24) is 14.8 Å². The molecule has 0 spiro atoms. The van der Waals surface area contributed by atoms with Crippen molar-refractivity contribution in [3.8, 4) is 5.75 Å². The number of thioether (sulfide) groups is 1. The Hall–Kier alpha value is -2.51. The van der Waals surface area contributed by atoms with Gasteiger partial charge >= 0.3 is 0 Å². The van der Waals surface area contributed by atoms with Crippen LogP contribution in [0.5, 0.6) is 5.75 Å². The van der Waals surface area contributed by atoms with Gasteiger partial charge in [-0.1, -0.05) is 62.3 Å². The molecule has 0 aliphatic carbocycles. The maximum atomic E-state index is 12.5. The van der Waals surface area contributed by atoms with E-state index in [2.05, 4.69) is 48.4 Å². The van der Waals surface area contributed by atoms with Gasteiger partial charge in [-0.15, -0.1) is 10.2 Å². The fraction of sp³-hybridized carbons (Fsp3) is 0.375. The van der Waals surface area contributed by atoms with E-state index in [4.69, 9.17) is 16.3 Å². The molecule has 0 radical (unpaired) electrons. The van der Waals surface area contributed by atoms with E-state index < -0.39 is 0 Å². The van der Waals surface area contributed by atoms with Gasteiger partial charge in [0, 0.05) is 6.54 Å². The van der Waals surface area contributed by atoms with Crippen molar-refractivity contribution in [2.24, 2.45) is 5.92 Å². The first-order chi connectivity index (χ1) is 15.4. The predicted molar refractivity (Wildman–Crippen MR) is 131 cm³/mol. The maximum Gasteiger partial charge on any atom is 0.234 e. The summed E-state index contributed by atoms with van der Waals surface area (Å²) in [4.78, 5) is 12.5. The summed E-state index contributed by atoms with van der Waals surface area (Å²) < 4.78 is 7.96. The largest absolute Gasteiger partial charge is 0.486 e. The van der Waals surface area contributed by atoms with Gasteiger partial charge in [-0.25, -0.2) is 0 Å². The van der Waals surface area contributed by atoms with E-state index >= 15 is 0 Å². The number of nitrogens with one attached hydrogen (secondary N) is 1. The van der Waals surface area contributed by atoms with Crippen LogP contribution in [0.1, 0.15) is 37.7 Å². The molecule has 0 aliphatic heterocycles. The number of hydrogen-bond acceptors (Lipinski definition) is 5. The van der Waals surface area contributed by atoms with E-state index in [1.807, 2.05) is 41.8 Å². The van der Waals surface area contributed by atoms with Crippen molar-refractivity contribution < 1.29 is 9.53 Å². The average molecular weight is 473 g/mol. The number of carbonyl (C=O) groups is 1. The molecule has 0 unspecified atom stereocenters. The minimum Gasteiger partial charge on any atom is -0.486 e. The zero-order chi connectivity index (χ0) is 23.1. The Balaban J connectivity index is 1.63. The van der Waals surface area contributed by atoms with Crippen LogP contribution in [-0.4, -0.2) is 26.4 Å². The molecule has 1 amide bonds. The Morgan fingerprint density at radius 3 is 2.59 bits per heavy atom. The highest BCUT2D eigenvalue weighted by Gasteiger charge is 2.16. The maximum absolute atomic E-state index is 12.5. The molecule has 0 fully saturated rings. The molecule has 1 heterocycles. The number of carbonyl (C=O) groups excluding carboxylic acids is 1. The summed E-state index contributed by atoms with van der Waals surface area (Å²) in [6.07, 6.45) is 0.993. The smallest absolute Gasteiger partial charge is 0.234 e. The van der Waals surface area contributed by atoms with E-state index in [1.54, 1.807) is 0 Å². The van der Waals surface area contributed by atoms with Crippen LogP contribution in [0.15, 0.2) is 47.6 Å². The van der Waals surface area contributed by atoms with Crippen molar-refractivity contribution in [3.05, 3.63) is 64.4 Å². The SMILES string of the molecule is CCc1ccc(OCc2nnc(SCC(=O)Nc3ccc(C)cc3Cl)n2CC(C)C)cc1. The van der Waals surface area contributed by atoms with Gasteiger partial charge in [0.1, 0.15) is 12.4 Å². The molecule has 0 atom stereocenters. The Kier molecular flexibility index (Phi) is 8.59. The van der Waals surface area contributed by atoms with Gasteiger partial charge < -0.3 is 14.6 Å². The molecule has 1 aromatic heterocycles. The molecular formula is C24H29ClN4O2S. The van der Waals surface area contributed by atoms with Gasteiger partial charge in [-0.05, 0) is 54.7 Å². The number of halogens is 1. The van der Waals surface area contributed by atoms with Crippen LogP contribution in [0.4, 0.5) is 5.69 Å². The fourth-order valence-corrected chi connectivity index (χ4v) is 4.14. The van der Waals surface area contributed by atoms with Crippen LogP contribution in [0.25, 0.3) is 0 Å². The van der Waals surface area contributed by atoms with Crippen molar-refractivity contribution in [2.75, 3.05) is 11.1 Å². The third-order valence-electron chi connectivity index (χ3n) is 4.77. The number of aryl methyl sites for hydroxylation is 2. The van der Waals surface area contributed by atoms with Crippen LogP contribution in [0.2, 0.25) is 5.02 Å². The molecule has 0 aliphatic rings. The van der Waals surface area contributed by atoms with E-state index in [-0.39, 0.29) is 11.7 Å². The lowest BCUT2D eigenvalue weighted by molar-refractivity contribution is -0.113. The minimum absolute atomic E-state index is 0.145. The number of benzene rings is 2. The van der Waals surface area contributed by atoms with Crippen LogP contribution in [0, 0.1) is 12.8 Å². The second kappa shape index (κ2) is 11.4. The molecule has 8 heteroatoms. The third kappa shape index (κ3) is 6.74. The normalized spacial score (nSPS) is 11.1.